The van der Waals surface area contributed by atoms with E-state index in [0.29, 0.717) is 11.4 Å². The second-order valence-corrected chi connectivity index (χ2v) is 5.07. The third-order valence-electron chi connectivity index (χ3n) is 2.62. The molecule has 2 heterocycles. The summed E-state index contributed by atoms with van der Waals surface area (Å²) in [4.78, 5) is 30.1. The number of nitrogens with zero attached hydrogens (tertiary/aromatic N) is 3. The van der Waals surface area contributed by atoms with Crippen LogP contribution in [-0.2, 0) is 0 Å². The molecule has 9 heteroatoms. The van der Waals surface area contributed by atoms with E-state index in [2.05, 4.69) is 31.2 Å². The minimum absolute atomic E-state index is 0.0197. The molecular weight excluding hydrogens is 342 g/mol. The van der Waals surface area contributed by atoms with Crippen molar-refractivity contribution in [3.8, 4) is 0 Å². The minimum Gasteiger partial charge on any atom is -0.384 e. The maximum Gasteiger partial charge on any atom is 0.300 e. The van der Waals surface area contributed by atoms with Crippen molar-refractivity contribution in [2.24, 2.45) is 0 Å². The number of hydrogen-bond acceptors (Lipinski definition) is 6. The molecule has 0 saturated carbocycles. The summed E-state index contributed by atoms with van der Waals surface area (Å²) in [6, 6.07) is 2.92. The number of rotatable bonds is 3. The van der Waals surface area contributed by atoms with Crippen molar-refractivity contribution in [1.82, 2.24) is 9.97 Å². The van der Waals surface area contributed by atoms with Crippen molar-refractivity contribution < 1.29 is 9.72 Å². The van der Waals surface area contributed by atoms with Gasteiger partial charge in [0, 0.05) is 10.7 Å². The maximum atomic E-state index is 12.2. The topological polar surface area (TPSA) is 124 Å². The number of anilines is 2. The molecule has 2 rings (SSSR count). The molecule has 2 aromatic rings. The number of carbonyl (C=O) groups is 1. The summed E-state index contributed by atoms with van der Waals surface area (Å²) >= 11 is 3.26. The molecule has 0 unspecified atom stereocenters. The molecule has 2 aromatic heterocycles. The highest BCUT2D eigenvalue weighted by atomic mass is 79.9. The summed E-state index contributed by atoms with van der Waals surface area (Å²) in [7, 11) is 0. The highest BCUT2D eigenvalue weighted by Crippen LogP contribution is 2.22. The highest BCUT2D eigenvalue weighted by molar-refractivity contribution is 9.10. The monoisotopic (exact) mass is 351 g/mol. The molecule has 1 amide bonds. The van der Waals surface area contributed by atoms with Crippen molar-refractivity contribution in [3.05, 3.63) is 50.2 Å². The quantitative estimate of drug-likeness (QED) is 0.645. The molecule has 0 aromatic carbocycles. The molecule has 0 aliphatic heterocycles. The standard InChI is InChI=1S/C12H10BrN5O3/c1-6-2-7(13)4-16-11(6)17-12(19)8-3-10(14)15-5-9(8)18(20)21/h2-5H,1H3,(H2,14,15)(H,16,17,19). The van der Waals surface area contributed by atoms with Crippen LogP contribution in [0.5, 0.6) is 0 Å². The summed E-state index contributed by atoms with van der Waals surface area (Å²) in [6.07, 6.45) is 2.46. The van der Waals surface area contributed by atoms with Gasteiger partial charge in [-0.05, 0) is 40.5 Å². The first-order chi connectivity index (χ1) is 9.88. The lowest BCUT2D eigenvalue weighted by molar-refractivity contribution is -0.385. The van der Waals surface area contributed by atoms with E-state index in [1.165, 1.54) is 6.20 Å². The largest absolute Gasteiger partial charge is 0.384 e. The number of pyridine rings is 2. The molecule has 8 nitrogen and oxygen atoms in total. The van der Waals surface area contributed by atoms with Gasteiger partial charge in [-0.25, -0.2) is 9.97 Å². The van der Waals surface area contributed by atoms with Gasteiger partial charge in [-0.2, -0.15) is 0 Å². The molecule has 3 N–H and O–H groups in total. The number of aromatic nitrogens is 2. The van der Waals surface area contributed by atoms with Gasteiger partial charge in [0.1, 0.15) is 23.4 Å². The van der Waals surface area contributed by atoms with Crippen LogP contribution < -0.4 is 11.1 Å². The van der Waals surface area contributed by atoms with Gasteiger partial charge >= 0.3 is 0 Å². The van der Waals surface area contributed by atoms with Gasteiger partial charge in [0.25, 0.3) is 11.6 Å². The van der Waals surface area contributed by atoms with Crippen LogP contribution in [0.4, 0.5) is 17.3 Å². The third-order valence-corrected chi connectivity index (χ3v) is 3.06. The summed E-state index contributed by atoms with van der Waals surface area (Å²) in [5.41, 5.74) is 5.59. The smallest absolute Gasteiger partial charge is 0.300 e. The van der Waals surface area contributed by atoms with Crippen LogP contribution >= 0.6 is 15.9 Å². The normalized spacial score (nSPS) is 10.2. The number of halogens is 1. The predicted octanol–water partition coefficient (Wildman–Crippen LogP) is 2.29. The molecule has 0 aliphatic rings. The lowest BCUT2D eigenvalue weighted by Gasteiger charge is -2.08. The first-order valence-electron chi connectivity index (χ1n) is 5.72. The Hall–Kier alpha value is -2.55. The van der Waals surface area contributed by atoms with Crippen molar-refractivity contribution >= 4 is 39.2 Å². The lowest BCUT2D eigenvalue weighted by Crippen LogP contribution is -2.16. The second-order valence-electron chi connectivity index (χ2n) is 4.16. The number of aryl methyl sites for hydroxylation is 1. The first-order valence-corrected chi connectivity index (χ1v) is 6.51. The Morgan fingerprint density at radius 2 is 2.10 bits per heavy atom. The second kappa shape index (κ2) is 5.83. The summed E-state index contributed by atoms with van der Waals surface area (Å²) in [5, 5.41) is 13.4. The third kappa shape index (κ3) is 3.31. The fraction of sp³-hybridized carbons (Fsp3) is 0.0833. The molecule has 0 bridgehead atoms. The molecule has 0 radical (unpaired) electrons. The van der Waals surface area contributed by atoms with Gasteiger partial charge in [-0.3, -0.25) is 14.9 Å². The zero-order valence-corrected chi connectivity index (χ0v) is 12.4. The van der Waals surface area contributed by atoms with Crippen LogP contribution in [0.25, 0.3) is 0 Å². The number of nitrogens with two attached hydrogens (primary N) is 1. The Balaban J connectivity index is 2.36. The van der Waals surface area contributed by atoms with Gasteiger partial charge < -0.3 is 11.1 Å². The molecule has 0 spiro atoms. The van der Waals surface area contributed by atoms with E-state index in [1.54, 1.807) is 13.0 Å². The van der Waals surface area contributed by atoms with Crippen molar-refractivity contribution in [2.45, 2.75) is 6.92 Å². The number of nitro groups is 1. The van der Waals surface area contributed by atoms with Crippen LogP contribution in [-0.4, -0.2) is 20.8 Å². The van der Waals surface area contributed by atoms with E-state index < -0.39 is 16.5 Å². The SMILES string of the molecule is Cc1cc(Br)cnc1NC(=O)c1cc(N)ncc1[N+](=O)[O-]. The first kappa shape index (κ1) is 14.9. The zero-order valence-electron chi connectivity index (χ0n) is 10.8. The minimum atomic E-state index is -0.691. The van der Waals surface area contributed by atoms with E-state index in [0.717, 1.165) is 16.7 Å². The lowest BCUT2D eigenvalue weighted by atomic mass is 10.2. The van der Waals surface area contributed by atoms with Gasteiger partial charge in [-0.15, -0.1) is 0 Å². The average molecular weight is 352 g/mol. The van der Waals surface area contributed by atoms with Crippen molar-refractivity contribution in [1.29, 1.82) is 0 Å². The van der Waals surface area contributed by atoms with Crippen LogP contribution in [0.15, 0.2) is 29.0 Å². The van der Waals surface area contributed by atoms with Crippen molar-refractivity contribution in [3.63, 3.8) is 0 Å². The van der Waals surface area contributed by atoms with E-state index in [4.69, 9.17) is 5.73 Å². The fourth-order valence-corrected chi connectivity index (χ4v) is 2.08. The van der Waals surface area contributed by atoms with Gasteiger partial charge in [0.2, 0.25) is 0 Å². The van der Waals surface area contributed by atoms with E-state index in [1.807, 2.05) is 0 Å². The highest BCUT2D eigenvalue weighted by Gasteiger charge is 2.22. The number of carbonyl (C=O) groups excluding carboxylic acids is 1. The van der Waals surface area contributed by atoms with Crippen LogP contribution in [0.2, 0.25) is 0 Å². The van der Waals surface area contributed by atoms with E-state index in [-0.39, 0.29) is 11.4 Å². The van der Waals surface area contributed by atoms with Crippen molar-refractivity contribution in [2.75, 3.05) is 11.1 Å². The van der Waals surface area contributed by atoms with Gasteiger partial charge in [0.05, 0.1) is 4.92 Å². The molecular formula is C12H10BrN5O3. The maximum absolute atomic E-state index is 12.2. The summed E-state index contributed by atoms with van der Waals surface area (Å²) in [6.45, 7) is 1.75. The summed E-state index contributed by atoms with van der Waals surface area (Å²) in [5.74, 6) is -0.340. The number of hydrogen-bond donors (Lipinski definition) is 2. The predicted molar refractivity (Wildman–Crippen MR) is 79.9 cm³/mol. The van der Waals surface area contributed by atoms with Crippen LogP contribution in [0.1, 0.15) is 15.9 Å². The molecule has 108 valence electrons. The van der Waals surface area contributed by atoms with Gasteiger partial charge in [0.15, 0.2) is 0 Å². The Labute approximate surface area is 127 Å². The number of nitrogens with one attached hydrogen (secondary N) is 1. The Bertz CT molecular complexity index is 735. The molecule has 0 atom stereocenters. The number of amides is 1. The Morgan fingerprint density at radius 3 is 2.71 bits per heavy atom. The molecule has 0 aliphatic carbocycles. The van der Waals surface area contributed by atoms with E-state index >= 15 is 0 Å². The average Bonchev–Trinajstić information content (AvgIpc) is 2.41. The molecule has 21 heavy (non-hydrogen) atoms. The van der Waals surface area contributed by atoms with Crippen LogP contribution in [0, 0.1) is 17.0 Å². The zero-order chi connectivity index (χ0) is 15.6. The Morgan fingerprint density at radius 1 is 1.38 bits per heavy atom. The van der Waals surface area contributed by atoms with E-state index in [9.17, 15) is 14.9 Å². The fourth-order valence-electron chi connectivity index (χ4n) is 1.64. The number of nitrogen functional groups attached to an aromatic ring is 1. The molecule has 0 fully saturated rings. The van der Waals surface area contributed by atoms with Gasteiger partial charge in [-0.1, -0.05) is 0 Å². The molecule has 0 saturated heterocycles. The Kier molecular flexibility index (Phi) is 4.13. The summed E-state index contributed by atoms with van der Waals surface area (Å²) < 4.78 is 0.761. The van der Waals surface area contributed by atoms with Crippen LogP contribution in [0.3, 0.4) is 0 Å².